The van der Waals surface area contributed by atoms with E-state index in [4.69, 9.17) is 0 Å². The molecule has 0 saturated carbocycles. The summed E-state index contributed by atoms with van der Waals surface area (Å²) in [6, 6.07) is 14.5. The molecule has 2 aromatic rings. The topological polar surface area (TPSA) is 23.5 Å². The number of hydrogen-bond donors (Lipinski definition) is 1. The Balaban J connectivity index is 2.28. The minimum Gasteiger partial charge on any atom is -0.389 e. The molecule has 1 atom stereocenters. The van der Waals surface area contributed by atoms with E-state index in [0.717, 1.165) is 22.3 Å². The van der Waals surface area contributed by atoms with Gasteiger partial charge in [-0.2, -0.15) is 0 Å². The lowest BCUT2D eigenvalue weighted by atomic mass is 10.0. The molecule has 2 aromatic carbocycles. The van der Waals surface area contributed by atoms with Crippen LogP contribution < -0.4 is 4.90 Å². The van der Waals surface area contributed by atoms with Crippen molar-refractivity contribution in [3.63, 3.8) is 0 Å². The van der Waals surface area contributed by atoms with Gasteiger partial charge in [-0.1, -0.05) is 40.2 Å². The molecular formula is C17H20BrNO. The maximum Gasteiger partial charge on any atom is 0.0781 e. The quantitative estimate of drug-likeness (QED) is 0.893. The van der Waals surface area contributed by atoms with Crippen molar-refractivity contribution in [1.29, 1.82) is 0 Å². The maximum absolute atomic E-state index is 9.92. The minimum atomic E-state index is -0.462. The van der Waals surface area contributed by atoms with Crippen molar-refractivity contribution < 1.29 is 5.11 Å². The molecule has 3 heteroatoms. The van der Waals surface area contributed by atoms with E-state index in [0.29, 0.717) is 0 Å². The van der Waals surface area contributed by atoms with Gasteiger partial charge in [-0.25, -0.2) is 0 Å². The zero-order valence-electron chi connectivity index (χ0n) is 12.1. The van der Waals surface area contributed by atoms with Gasteiger partial charge in [0.2, 0.25) is 0 Å². The zero-order chi connectivity index (χ0) is 14.7. The van der Waals surface area contributed by atoms with Crippen molar-refractivity contribution in [1.82, 2.24) is 0 Å². The fourth-order valence-corrected chi connectivity index (χ4v) is 2.78. The lowest BCUT2D eigenvalue weighted by Crippen LogP contribution is -2.18. The van der Waals surface area contributed by atoms with Gasteiger partial charge in [-0.3, -0.25) is 0 Å². The Bertz CT molecular complexity index is 595. The molecule has 0 saturated heterocycles. The molecule has 0 aliphatic heterocycles. The summed E-state index contributed by atoms with van der Waals surface area (Å²) in [6.07, 6.45) is -0.462. The highest BCUT2D eigenvalue weighted by Crippen LogP contribution is 2.28. The highest BCUT2D eigenvalue weighted by atomic mass is 79.9. The monoisotopic (exact) mass is 333 g/mol. The second-order valence-corrected chi connectivity index (χ2v) is 6.14. The van der Waals surface area contributed by atoms with Crippen molar-refractivity contribution in [2.45, 2.75) is 26.5 Å². The first-order valence-electron chi connectivity index (χ1n) is 6.71. The smallest absolute Gasteiger partial charge is 0.0781 e. The van der Waals surface area contributed by atoms with Gasteiger partial charge < -0.3 is 10.0 Å². The minimum absolute atomic E-state index is 0.462. The largest absolute Gasteiger partial charge is 0.389 e. The van der Waals surface area contributed by atoms with Crippen LogP contribution in [0.4, 0.5) is 5.69 Å². The van der Waals surface area contributed by atoms with Crippen LogP contribution >= 0.6 is 15.9 Å². The fourth-order valence-electron chi connectivity index (χ4n) is 2.33. The van der Waals surface area contributed by atoms with Crippen LogP contribution in [-0.4, -0.2) is 12.2 Å². The van der Waals surface area contributed by atoms with Crippen molar-refractivity contribution in [3.8, 4) is 0 Å². The third-order valence-corrected chi connectivity index (χ3v) is 3.85. The van der Waals surface area contributed by atoms with E-state index in [1.165, 1.54) is 11.1 Å². The SMILES string of the molecule is Cc1ccc(C(C)O)c(N(C)Cc2cccc(Br)c2)c1. The molecule has 2 rings (SSSR count). The zero-order valence-corrected chi connectivity index (χ0v) is 13.7. The molecule has 106 valence electrons. The number of aliphatic hydroxyl groups excluding tert-OH is 1. The fraction of sp³-hybridized carbons (Fsp3) is 0.294. The van der Waals surface area contributed by atoms with E-state index in [1.54, 1.807) is 6.92 Å². The molecule has 2 nitrogen and oxygen atoms in total. The van der Waals surface area contributed by atoms with Crippen molar-refractivity contribution >= 4 is 21.6 Å². The highest BCUT2D eigenvalue weighted by Gasteiger charge is 2.12. The maximum atomic E-state index is 9.92. The Morgan fingerprint density at radius 3 is 2.60 bits per heavy atom. The Morgan fingerprint density at radius 2 is 1.95 bits per heavy atom. The standard InChI is InChI=1S/C17H20BrNO/c1-12-7-8-16(13(2)20)17(9-12)19(3)11-14-5-4-6-15(18)10-14/h4-10,13,20H,11H2,1-3H3. The molecule has 1 unspecified atom stereocenters. The molecule has 0 aliphatic carbocycles. The van der Waals surface area contributed by atoms with Gasteiger partial charge in [0.15, 0.2) is 0 Å². The van der Waals surface area contributed by atoms with E-state index >= 15 is 0 Å². The van der Waals surface area contributed by atoms with Crippen molar-refractivity contribution in [2.24, 2.45) is 0 Å². The van der Waals surface area contributed by atoms with Gasteiger partial charge in [-0.15, -0.1) is 0 Å². The van der Waals surface area contributed by atoms with E-state index in [-0.39, 0.29) is 0 Å². The summed E-state index contributed by atoms with van der Waals surface area (Å²) in [7, 11) is 2.06. The van der Waals surface area contributed by atoms with Gasteiger partial charge >= 0.3 is 0 Å². The second kappa shape index (κ2) is 6.42. The summed E-state index contributed by atoms with van der Waals surface area (Å²) in [6.45, 7) is 4.69. The first-order valence-corrected chi connectivity index (χ1v) is 7.51. The normalized spacial score (nSPS) is 12.2. The number of aliphatic hydroxyl groups is 1. The van der Waals surface area contributed by atoms with E-state index < -0.39 is 6.10 Å². The molecule has 0 amide bonds. The summed E-state index contributed by atoms with van der Waals surface area (Å²) in [5.41, 5.74) is 4.48. The molecule has 20 heavy (non-hydrogen) atoms. The molecule has 0 heterocycles. The third-order valence-electron chi connectivity index (χ3n) is 3.36. The molecule has 1 N–H and O–H groups in total. The summed E-state index contributed by atoms with van der Waals surface area (Å²) >= 11 is 3.50. The van der Waals surface area contributed by atoms with E-state index in [9.17, 15) is 5.11 Å². The number of halogens is 1. The van der Waals surface area contributed by atoms with Gasteiger partial charge in [0.1, 0.15) is 0 Å². The Hall–Kier alpha value is -1.32. The van der Waals surface area contributed by atoms with Crippen molar-refractivity contribution in [3.05, 3.63) is 63.6 Å². The molecule has 0 aliphatic rings. The number of hydrogen-bond acceptors (Lipinski definition) is 2. The highest BCUT2D eigenvalue weighted by molar-refractivity contribution is 9.10. The van der Waals surface area contributed by atoms with Gasteiger partial charge in [0.05, 0.1) is 6.10 Å². The van der Waals surface area contributed by atoms with Crippen LogP contribution in [0.15, 0.2) is 46.9 Å². The summed E-state index contributed by atoms with van der Waals surface area (Å²) in [4.78, 5) is 2.18. The summed E-state index contributed by atoms with van der Waals surface area (Å²) < 4.78 is 1.09. The van der Waals surface area contributed by atoms with Crippen molar-refractivity contribution in [2.75, 3.05) is 11.9 Å². The number of rotatable bonds is 4. The van der Waals surface area contributed by atoms with Crippen LogP contribution in [-0.2, 0) is 6.54 Å². The van der Waals surface area contributed by atoms with Gasteiger partial charge in [0, 0.05) is 29.3 Å². The predicted molar refractivity (Wildman–Crippen MR) is 88.1 cm³/mol. The number of benzene rings is 2. The van der Waals surface area contributed by atoms with Gasteiger partial charge in [-0.05, 0) is 43.2 Å². The van der Waals surface area contributed by atoms with Crippen LogP contribution in [0, 0.1) is 6.92 Å². The number of aryl methyl sites for hydroxylation is 1. The third kappa shape index (κ3) is 3.62. The van der Waals surface area contributed by atoms with Gasteiger partial charge in [0.25, 0.3) is 0 Å². The van der Waals surface area contributed by atoms with Crippen LogP contribution in [0.5, 0.6) is 0 Å². The first kappa shape index (κ1) is 15.1. The van der Waals surface area contributed by atoms with Crippen LogP contribution in [0.3, 0.4) is 0 Å². The molecular weight excluding hydrogens is 314 g/mol. The summed E-state index contributed by atoms with van der Waals surface area (Å²) in [5, 5.41) is 9.92. The Labute approximate surface area is 129 Å². The molecule has 0 bridgehead atoms. The van der Waals surface area contributed by atoms with Crippen LogP contribution in [0.25, 0.3) is 0 Å². The van der Waals surface area contributed by atoms with E-state index in [1.807, 2.05) is 24.3 Å². The average molecular weight is 334 g/mol. The number of anilines is 1. The lowest BCUT2D eigenvalue weighted by Gasteiger charge is -2.24. The number of nitrogens with zero attached hydrogens (tertiary/aromatic N) is 1. The molecule has 0 aromatic heterocycles. The summed E-state index contributed by atoms with van der Waals surface area (Å²) in [5.74, 6) is 0. The van der Waals surface area contributed by atoms with E-state index in [2.05, 4.69) is 53.0 Å². The Morgan fingerprint density at radius 1 is 1.20 bits per heavy atom. The average Bonchev–Trinajstić information content (AvgIpc) is 2.38. The second-order valence-electron chi connectivity index (χ2n) is 5.22. The first-order chi connectivity index (χ1) is 9.47. The Kier molecular flexibility index (Phi) is 4.84. The molecule has 0 fully saturated rings. The van der Waals surface area contributed by atoms with Crippen LogP contribution in [0.1, 0.15) is 29.7 Å². The molecule has 0 radical (unpaired) electrons. The molecule has 0 spiro atoms. The van der Waals surface area contributed by atoms with Crippen LogP contribution in [0.2, 0.25) is 0 Å². The predicted octanol–water partition coefficient (Wildman–Crippen LogP) is 4.45. The lowest BCUT2D eigenvalue weighted by molar-refractivity contribution is 0.199.